The second kappa shape index (κ2) is 5.48. The van der Waals surface area contributed by atoms with Gasteiger partial charge in [0.2, 0.25) is 0 Å². The van der Waals surface area contributed by atoms with Gasteiger partial charge in [0.15, 0.2) is 0 Å². The molecule has 0 atom stereocenters. The van der Waals surface area contributed by atoms with E-state index in [1.54, 1.807) is 0 Å². The normalized spacial score (nSPS) is 11.9. The summed E-state index contributed by atoms with van der Waals surface area (Å²) < 4.78 is 9.70. The molecule has 128 valence electrons. The van der Waals surface area contributed by atoms with Crippen LogP contribution in [0.25, 0.3) is 49.4 Å². The van der Waals surface area contributed by atoms with Gasteiger partial charge in [-0.2, -0.15) is 0 Å². The third-order valence-electron chi connectivity index (χ3n) is 5.25. The van der Waals surface area contributed by atoms with Gasteiger partial charge in [-0.15, -0.1) is 0 Å². The Kier molecular flexibility index (Phi) is 3.06. The van der Waals surface area contributed by atoms with Crippen molar-refractivity contribution in [2.24, 2.45) is 0 Å². The van der Waals surface area contributed by atoms with Crippen LogP contribution >= 0.6 is 15.9 Å². The second-order valence-corrected chi connectivity index (χ2v) is 7.68. The van der Waals surface area contributed by atoms with Gasteiger partial charge in [-0.1, -0.05) is 58.4 Å². The summed E-state index contributed by atoms with van der Waals surface area (Å²) in [5.74, 6) is 0. The van der Waals surface area contributed by atoms with Crippen molar-refractivity contribution >= 4 is 59.7 Å². The smallest absolute Gasteiger partial charge is 0.145 e. The number of benzene rings is 4. The molecule has 0 saturated heterocycles. The summed E-state index contributed by atoms with van der Waals surface area (Å²) in [7, 11) is 0. The van der Waals surface area contributed by atoms with Gasteiger partial charge in [-0.3, -0.25) is 0 Å². The Balaban J connectivity index is 1.87. The van der Waals surface area contributed by atoms with Gasteiger partial charge >= 0.3 is 0 Å². The SMILES string of the molecule is Brc1cccc(-n2c3ccccc3c3c4oc5ccccc5c4ccc32)c1. The molecule has 0 radical (unpaired) electrons. The molecule has 2 heterocycles. The van der Waals surface area contributed by atoms with Crippen LogP contribution in [0.3, 0.4) is 0 Å². The zero-order valence-corrected chi connectivity index (χ0v) is 15.9. The van der Waals surface area contributed by atoms with E-state index in [4.69, 9.17) is 4.42 Å². The first-order chi connectivity index (χ1) is 13.3. The summed E-state index contributed by atoms with van der Waals surface area (Å²) in [4.78, 5) is 0. The van der Waals surface area contributed by atoms with Crippen molar-refractivity contribution in [2.45, 2.75) is 0 Å². The maximum atomic E-state index is 6.32. The van der Waals surface area contributed by atoms with Gasteiger partial charge < -0.3 is 8.98 Å². The first-order valence-corrected chi connectivity index (χ1v) is 9.70. The topological polar surface area (TPSA) is 18.1 Å². The lowest BCUT2D eigenvalue weighted by Gasteiger charge is -2.08. The zero-order chi connectivity index (χ0) is 18.0. The molecule has 27 heavy (non-hydrogen) atoms. The molecule has 3 heteroatoms. The molecule has 0 amide bonds. The fraction of sp³-hybridized carbons (Fsp3) is 0. The summed E-state index contributed by atoms with van der Waals surface area (Å²) in [5.41, 5.74) is 5.35. The van der Waals surface area contributed by atoms with E-state index in [1.165, 1.54) is 16.3 Å². The Labute approximate surface area is 163 Å². The minimum atomic E-state index is 0.930. The number of aromatic nitrogens is 1. The van der Waals surface area contributed by atoms with E-state index in [2.05, 4.69) is 93.3 Å². The summed E-state index contributed by atoms with van der Waals surface area (Å²) in [5, 5.41) is 4.69. The molecule has 2 aromatic heterocycles. The Morgan fingerprint density at radius 1 is 0.667 bits per heavy atom. The molecule has 0 unspecified atom stereocenters. The number of hydrogen-bond donors (Lipinski definition) is 0. The third kappa shape index (κ3) is 2.06. The molecule has 2 nitrogen and oxygen atoms in total. The quantitative estimate of drug-likeness (QED) is 0.274. The van der Waals surface area contributed by atoms with Crippen LogP contribution in [0.4, 0.5) is 0 Å². The van der Waals surface area contributed by atoms with E-state index in [0.717, 1.165) is 37.6 Å². The first kappa shape index (κ1) is 15.1. The molecular formula is C24H14BrNO. The van der Waals surface area contributed by atoms with E-state index >= 15 is 0 Å². The van der Waals surface area contributed by atoms with Crippen molar-refractivity contribution in [2.75, 3.05) is 0 Å². The lowest BCUT2D eigenvalue weighted by Crippen LogP contribution is -1.93. The standard InChI is InChI=1S/C24H14BrNO/c25-15-6-5-7-16(14-15)26-20-10-3-1-9-19(20)23-21(26)13-12-18-17-8-2-4-11-22(17)27-24(18)23/h1-14H. The second-order valence-electron chi connectivity index (χ2n) is 6.77. The average Bonchev–Trinajstić information content (AvgIpc) is 3.23. The highest BCUT2D eigenvalue weighted by atomic mass is 79.9. The molecule has 0 fully saturated rings. The Morgan fingerprint density at radius 3 is 2.37 bits per heavy atom. The zero-order valence-electron chi connectivity index (χ0n) is 14.3. The van der Waals surface area contributed by atoms with Crippen molar-refractivity contribution in [3.63, 3.8) is 0 Å². The number of para-hydroxylation sites is 2. The minimum Gasteiger partial charge on any atom is -0.455 e. The monoisotopic (exact) mass is 411 g/mol. The summed E-state index contributed by atoms with van der Waals surface area (Å²) in [6.07, 6.45) is 0. The van der Waals surface area contributed by atoms with Crippen LogP contribution in [0.2, 0.25) is 0 Å². The number of nitrogens with zero attached hydrogens (tertiary/aromatic N) is 1. The van der Waals surface area contributed by atoms with Crippen LogP contribution in [0, 0.1) is 0 Å². The van der Waals surface area contributed by atoms with E-state index in [1.807, 2.05) is 12.1 Å². The Hall–Kier alpha value is -3.04. The lowest BCUT2D eigenvalue weighted by molar-refractivity contribution is 0.673. The van der Waals surface area contributed by atoms with Crippen molar-refractivity contribution in [3.8, 4) is 5.69 Å². The highest BCUT2D eigenvalue weighted by Crippen LogP contribution is 2.40. The lowest BCUT2D eigenvalue weighted by atomic mass is 10.1. The highest BCUT2D eigenvalue weighted by Gasteiger charge is 2.18. The van der Waals surface area contributed by atoms with Gasteiger partial charge in [-0.25, -0.2) is 0 Å². The summed E-state index contributed by atoms with van der Waals surface area (Å²) in [6, 6.07) is 29.6. The maximum Gasteiger partial charge on any atom is 0.145 e. The molecule has 0 aliphatic heterocycles. The number of halogens is 1. The minimum absolute atomic E-state index is 0.930. The third-order valence-corrected chi connectivity index (χ3v) is 5.74. The highest BCUT2D eigenvalue weighted by molar-refractivity contribution is 9.10. The largest absolute Gasteiger partial charge is 0.455 e. The predicted molar refractivity (Wildman–Crippen MR) is 116 cm³/mol. The molecule has 0 aliphatic carbocycles. The van der Waals surface area contributed by atoms with Crippen LogP contribution in [0.15, 0.2) is 93.8 Å². The molecule has 0 saturated carbocycles. The van der Waals surface area contributed by atoms with Crippen LogP contribution < -0.4 is 0 Å². The van der Waals surface area contributed by atoms with Gasteiger partial charge in [0.05, 0.1) is 16.4 Å². The van der Waals surface area contributed by atoms with Crippen LogP contribution in [-0.4, -0.2) is 4.57 Å². The molecule has 0 bridgehead atoms. The molecule has 0 N–H and O–H groups in total. The fourth-order valence-electron chi connectivity index (χ4n) is 4.13. The number of fused-ring (bicyclic) bond motifs is 7. The summed E-state index contributed by atoms with van der Waals surface area (Å²) in [6.45, 7) is 0. The number of furan rings is 1. The van der Waals surface area contributed by atoms with E-state index < -0.39 is 0 Å². The van der Waals surface area contributed by atoms with Gasteiger partial charge in [-0.05, 0) is 42.5 Å². The Morgan fingerprint density at radius 2 is 1.48 bits per heavy atom. The average molecular weight is 412 g/mol. The molecule has 4 aromatic carbocycles. The number of hydrogen-bond acceptors (Lipinski definition) is 1. The van der Waals surface area contributed by atoms with Gasteiger partial charge in [0.1, 0.15) is 11.2 Å². The van der Waals surface area contributed by atoms with Crippen LogP contribution in [0.5, 0.6) is 0 Å². The maximum absolute atomic E-state index is 6.32. The molecule has 0 spiro atoms. The van der Waals surface area contributed by atoms with Crippen molar-refractivity contribution in [1.29, 1.82) is 0 Å². The predicted octanol–water partition coefficient (Wildman–Crippen LogP) is 7.45. The Bertz CT molecular complexity index is 1490. The first-order valence-electron chi connectivity index (χ1n) is 8.90. The van der Waals surface area contributed by atoms with Gasteiger partial charge in [0.25, 0.3) is 0 Å². The summed E-state index contributed by atoms with van der Waals surface area (Å²) >= 11 is 3.61. The molecule has 6 rings (SSSR count). The van der Waals surface area contributed by atoms with Crippen molar-refractivity contribution < 1.29 is 4.42 Å². The fourth-order valence-corrected chi connectivity index (χ4v) is 4.52. The van der Waals surface area contributed by atoms with Gasteiger partial charge in [0, 0.05) is 26.3 Å². The van der Waals surface area contributed by atoms with E-state index in [0.29, 0.717) is 0 Å². The van der Waals surface area contributed by atoms with Crippen LogP contribution in [-0.2, 0) is 0 Å². The van der Waals surface area contributed by atoms with E-state index in [-0.39, 0.29) is 0 Å². The van der Waals surface area contributed by atoms with Crippen molar-refractivity contribution in [1.82, 2.24) is 4.57 Å². The van der Waals surface area contributed by atoms with Crippen molar-refractivity contribution in [3.05, 3.63) is 89.4 Å². The molecular weight excluding hydrogens is 398 g/mol. The molecule has 0 aliphatic rings. The number of rotatable bonds is 1. The van der Waals surface area contributed by atoms with E-state index in [9.17, 15) is 0 Å². The van der Waals surface area contributed by atoms with Crippen LogP contribution in [0.1, 0.15) is 0 Å². The molecule has 6 aromatic rings.